The predicted molar refractivity (Wildman–Crippen MR) is 67.5 cm³/mol. The molecule has 2 unspecified atom stereocenters. The van der Waals surface area contributed by atoms with E-state index < -0.39 is 6.10 Å². The van der Waals surface area contributed by atoms with Gasteiger partial charge in [-0.15, -0.1) is 0 Å². The van der Waals surface area contributed by atoms with Crippen LogP contribution < -0.4 is 0 Å². The zero-order chi connectivity index (χ0) is 11.7. The first-order valence-corrected chi connectivity index (χ1v) is 6.41. The van der Waals surface area contributed by atoms with Crippen LogP contribution >= 0.6 is 15.9 Å². The Morgan fingerprint density at radius 1 is 1.38 bits per heavy atom. The van der Waals surface area contributed by atoms with Crippen molar-refractivity contribution in [2.45, 2.75) is 26.4 Å². The highest BCUT2D eigenvalue weighted by Gasteiger charge is 2.26. The summed E-state index contributed by atoms with van der Waals surface area (Å²) in [6, 6.07) is 4.14. The smallest absolute Gasteiger partial charge is 0.0843 e. The molecule has 1 N–H and O–H groups in total. The van der Waals surface area contributed by atoms with Crippen LogP contribution in [0.15, 0.2) is 16.6 Å². The second kappa shape index (κ2) is 4.86. The van der Waals surface area contributed by atoms with Crippen molar-refractivity contribution in [1.29, 1.82) is 0 Å². The van der Waals surface area contributed by atoms with E-state index in [1.165, 1.54) is 5.56 Å². The highest BCUT2D eigenvalue weighted by molar-refractivity contribution is 9.10. The molecule has 2 rings (SSSR count). The van der Waals surface area contributed by atoms with Gasteiger partial charge in [-0.1, -0.05) is 22.0 Å². The zero-order valence-electron chi connectivity index (χ0n) is 9.66. The second-order valence-electron chi connectivity index (χ2n) is 4.53. The van der Waals surface area contributed by atoms with Crippen LogP contribution in [0, 0.1) is 19.8 Å². The van der Waals surface area contributed by atoms with Crippen LogP contribution in [0.5, 0.6) is 0 Å². The quantitative estimate of drug-likeness (QED) is 0.904. The van der Waals surface area contributed by atoms with E-state index in [0.29, 0.717) is 6.61 Å². The summed E-state index contributed by atoms with van der Waals surface area (Å²) in [4.78, 5) is 0. The summed E-state index contributed by atoms with van der Waals surface area (Å²) in [6.07, 6.45) is 0.560. The molecule has 1 aliphatic heterocycles. The number of aliphatic hydroxyl groups excluding tert-OH is 1. The lowest BCUT2D eigenvalue weighted by molar-refractivity contribution is 0.0913. The highest BCUT2D eigenvalue weighted by atomic mass is 79.9. The van der Waals surface area contributed by atoms with E-state index in [0.717, 1.165) is 28.6 Å². The van der Waals surface area contributed by atoms with Gasteiger partial charge in [0.15, 0.2) is 0 Å². The number of aliphatic hydroxyl groups is 1. The summed E-state index contributed by atoms with van der Waals surface area (Å²) in [5.74, 6) is 0.249. The van der Waals surface area contributed by atoms with Crippen LogP contribution in [0.4, 0.5) is 0 Å². The second-order valence-corrected chi connectivity index (χ2v) is 5.38. The lowest BCUT2D eigenvalue weighted by Gasteiger charge is -2.20. The minimum absolute atomic E-state index is 0.249. The first-order valence-electron chi connectivity index (χ1n) is 5.62. The molecule has 0 spiro atoms. The summed E-state index contributed by atoms with van der Waals surface area (Å²) in [6.45, 7) is 5.54. The zero-order valence-corrected chi connectivity index (χ0v) is 11.3. The van der Waals surface area contributed by atoms with Gasteiger partial charge in [0.05, 0.1) is 12.7 Å². The van der Waals surface area contributed by atoms with Crippen molar-refractivity contribution in [3.05, 3.63) is 33.3 Å². The molecule has 1 aliphatic rings. The third-order valence-electron chi connectivity index (χ3n) is 3.28. The number of ether oxygens (including phenoxy) is 1. The Balaban J connectivity index is 2.28. The first kappa shape index (κ1) is 12.1. The lowest BCUT2D eigenvalue weighted by Crippen LogP contribution is -2.13. The Bertz CT molecular complexity index is 384. The molecule has 88 valence electrons. The summed E-state index contributed by atoms with van der Waals surface area (Å²) >= 11 is 3.51. The molecule has 1 heterocycles. The number of hydrogen-bond acceptors (Lipinski definition) is 2. The van der Waals surface area contributed by atoms with E-state index in [9.17, 15) is 5.11 Å². The van der Waals surface area contributed by atoms with Crippen LogP contribution in [0.3, 0.4) is 0 Å². The molecular formula is C13H17BrO2. The van der Waals surface area contributed by atoms with Gasteiger partial charge in [0.1, 0.15) is 0 Å². The van der Waals surface area contributed by atoms with Crippen LogP contribution in [-0.2, 0) is 4.74 Å². The van der Waals surface area contributed by atoms with Crippen LogP contribution in [0.1, 0.15) is 29.2 Å². The molecular weight excluding hydrogens is 268 g/mol. The number of rotatable bonds is 2. The first-order chi connectivity index (χ1) is 7.59. The SMILES string of the molecule is Cc1cc(C(O)C2CCOC2)c(C)cc1Br. The van der Waals surface area contributed by atoms with Crippen LogP contribution in [-0.4, -0.2) is 18.3 Å². The largest absolute Gasteiger partial charge is 0.388 e. The van der Waals surface area contributed by atoms with E-state index in [4.69, 9.17) is 4.74 Å². The van der Waals surface area contributed by atoms with Gasteiger partial charge >= 0.3 is 0 Å². The standard InChI is InChI=1S/C13H17BrO2/c1-8-6-12(14)9(2)5-11(8)13(15)10-3-4-16-7-10/h5-6,10,13,15H,3-4,7H2,1-2H3. The van der Waals surface area contributed by atoms with E-state index in [1.54, 1.807) is 0 Å². The number of benzene rings is 1. The summed E-state index contributed by atoms with van der Waals surface area (Å²) in [5.41, 5.74) is 3.34. The average molecular weight is 285 g/mol. The monoisotopic (exact) mass is 284 g/mol. The molecule has 1 aromatic carbocycles. The lowest BCUT2D eigenvalue weighted by atomic mass is 9.91. The van der Waals surface area contributed by atoms with Crippen LogP contribution in [0.2, 0.25) is 0 Å². The van der Waals surface area contributed by atoms with E-state index in [2.05, 4.69) is 28.1 Å². The van der Waals surface area contributed by atoms with Gasteiger partial charge in [-0.25, -0.2) is 0 Å². The fraction of sp³-hybridized carbons (Fsp3) is 0.538. The molecule has 0 aliphatic carbocycles. The maximum absolute atomic E-state index is 10.3. The molecule has 1 fully saturated rings. The predicted octanol–water partition coefficient (Wildman–Crippen LogP) is 3.14. The third-order valence-corrected chi connectivity index (χ3v) is 4.13. The fourth-order valence-electron chi connectivity index (χ4n) is 2.18. The van der Waals surface area contributed by atoms with Gasteiger partial charge in [-0.2, -0.15) is 0 Å². The van der Waals surface area contributed by atoms with Gasteiger partial charge in [0.25, 0.3) is 0 Å². The molecule has 0 saturated carbocycles. The maximum atomic E-state index is 10.3. The third kappa shape index (κ3) is 2.31. The number of aryl methyl sites for hydroxylation is 2. The van der Waals surface area contributed by atoms with Gasteiger partial charge in [0.2, 0.25) is 0 Å². The van der Waals surface area contributed by atoms with Crippen molar-refractivity contribution < 1.29 is 9.84 Å². The Labute approximate surface area is 105 Å². The topological polar surface area (TPSA) is 29.5 Å². The van der Waals surface area contributed by atoms with Gasteiger partial charge < -0.3 is 9.84 Å². The normalized spacial score (nSPS) is 22.4. The molecule has 2 nitrogen and oxygen atoms in total. The van der Waals surface area contributed by atoms with Crippen molar-refractivity contribution in [2.24, 2.45) is 5.92 Å². The number of hydrogen-bond donors (Lipinski definition) is 1. The van der Waals surface area contributed by atoms with Crippen molar-refractivity contribution in [3.8, 4) is 0 Å². The van der Waals surface area contributed by atoms with Crippen molar-refractivity contribution in [3.63, 3.8) is 0 Å². The summed E-state index contributed by atoms with van der Waals surface area (Å²) in [7, 11) is 0. The average Bonchev–Trinajstić information content (AvgIpc) is 2.75. The summed E-state index contributed by atoms with van der Waals surface area (Å²) in [5, 5.41) is 10.3. The van der Waals surface area contributed by atoms with Gasteiger partial charge in [-0.3, -0.25) is 0 Å². The molecule has 1 aromatic rings. The fourth-order valence-corrected chi connectivity index (χ4v) is 2.64. The molecule has 0 bridgehead atoms. The molecule has 1 saturated heterocycles. The molecule has 0 radical (unpaired) electrons. The van der Waals surface area contributed by atoms with Crippen molar-refractivity contribution >= 4 is 15.9 Å². The minimum atomic E-state index is -0.394. The molecule has 2 atom stereocenters. The maximum Gasteiger partial charge on any atom is 0.0843 e. The molecule has 3 heteroatoms. The Hall–Kier alpha value is -0.380. The Morgan fingerprint density at radius 2 is 2.12 bits per heavy atom. The van der Waals surface area contributed by atoms with Crippen LogP contribution in [0.25, 0.3) is 0 Å². The van der Waals surface area contributed by atoms with E-state index in [-0.39, 0.29) is 5.92 Å². The van der Waals surface area contributed by atoms with Crippen molar-refractivity contribution in [2.75, 3.05) is 13.2 Å². The number of halogens is 1. The summed E-state index contributed by atoms with van der Waals surface area (Å²) < 4.78 is 6.42. The Kier molecular flexibility index (Phi) is 3.67. The van der Waals surface area contributed by atoms with Gasteiger partial charge in [0, 0.05) is 17.0 Å². The van der Waals surface area contributed by atoms with E-state index >= 15 is 0 Å². The molecule has 16 heavy (non-hydrogen) atoms. The van der Waals surface area contributed by atoms with Gasteiger partial charge in [-0.05, 0) is 43.0 Å². The minimum Gasteiger partial charge on any atom is -0.388 e. The molecule has 0 amide bonds. The Morgan fingerprint density at radius 3 is 2.75 bits per heavy atom. The highest BCUT2D eigenvalue weighted by Crippen LogP contribution is 2.32. The molecule has 0 aromatic heterocycles. The van der Waals surface area contributed by atoms with Crippen molar-refractivity contribution in [1.82, 2.24) is 0 Å². The van der Waals surface area contributed by atoms with E-state index in [1.807, 2.05) is 13.8 Å².